The van der Waals surface area contributed by atoms with Crippen molar-refractivity contribution in [1.29, 1.82) is 0 Å². The van der Waals surface area contributed by atoms with Gasteiger partial charge in [0.05, 0.1) is 4.88 Å². The summed E-state index contributed by atoms with van der Waals surface area (Å²) < 4.78 is 0. The minimum atomic E-state index is 0.0412. The van der Waals surface area contributed by atoms with Crippen LogP contribution in [0.3, 0.4) is 0 Å². The van der Waals surface area contributed by atoms with E-state index in [1.807, 2.05) is 19.9 Å². The Labute approximate surface area is 101 Å². The van der Waals surface area contributed by atoms with Gasteiger partial charge in [0.25, 0.3) is 5.91 Å². The zero-order chi connectivity index (χ0) is 12.0. The molecular weight excluding hydrogens is 220 g/mol. The third-order valence-corrected chi connectivity index (χ3v) is 3.56. The van der Waals surface area contributed by atoms with Crippen LogP contribution in [-0.2, 0) is 0 Å². The van der Waals surface area contributed by atoms with E-state index in [1.165, 1.54) is 10.4 Å². The van der Waals surface area contributed by atoms with Crippen LogP contribution in [0.4, 0.5) is 0 Å². The van der Waals surface area contributed by atoms with Crippen LogP contribution in [0.2, 0.25) is 0 Å². The Morgan fingerprint density at radius 3 is 2.62 bits per heavy atom. The van der Waals surface area contributed by atoms with Crippen LogP contribution < -0.4 is 10.6 Å². The SMILES string of the molecule is CCCNCCNC(=O)c1cc(C)c(C)s1. The van der Waals surface area contributed by atoms with Crippen molar-refractivity contribution in [2.24, 2.45) is 0 Å². The Bertz CT molecular complexity index is 327. The number of rotatable bonds is 6. The van der Waals surface area contributed by atoms with Crippen LogP contribution in [0.15, 0.2) is 6.07 Å². The molecule has 0 saturated heterocycles. The van der Waals surface area contributed by atoms with Crippen LogP contribution in [0.1, 0.15) is 33.5 Å². The molecule has 16 heavy (non-hydrogen) atoms. The molecule has 0 aliphatic rings. The van der Waals surface area contributed by atoms with Gasteiger partial charge in [0.1, 0.15) is 0 Å². The lowest BCUT2D eigenvalue weighted by Crippen LogP contribution is -2.31. The van der Waals surface area contributed by atoms with E-state index >= 15 is 0 Å². The molecule has 4 heteroatoms. The van der Waals surface area contributed by atoms with Crippen molar-refractivity contribution in [3.63, 3.8) is 0 Å². The molecule has 1 rings (SSSR count). The molecule has 0 unspecified atom stereocenters. The minimum Gasteiger partial charge on any atom is -0.350 e. The summed E-state index contributed by atoms with van der Waals surface area (Å²) in [6, 6.07) is 1.95. The number of nitrogens with one attached hydrogen (secondary N) is 2. The number of amides is 1. The lowest BCUT2D eigenvalue weighted by molar-refractivity contribution is 0.0958. The van der Waals surface area contributed by atoms with Gasteiger partial charge >= 0.3 is 0 Å². The predicted molar refractivity (Wildman–Crippen MR) is 69.3 cm³/mol. The third kappa shape index (κ3) is 3.94. The van der Waals surface area contributed by atoms with E-state index in [-0.39, 0.29) is 5.91 Å². The number of hydrogen-bond donors (Lipinski definition) is 2. The van der Waals surface area contributed by atoms with Crippen molar-refractivity contribution >= 4 is 17.2 Å². The Balaban J connectivity index is 2.30. The van der Waals surface area contributed by atoms with E-state index in [4.69, 9.17) is 0 Å². The van der Waals surface area contributed by atoms with E-state index in [0.717, 1.165) is 24.4 Å². The van der Waals surface area contributed by atoms with Gasteiger partial charge in [-0.2, -0.15) is 0 Å². The predicted octanol–water partition coefficient (Wildman–Crippen LogP) is 2.09. The Morgan fingerprint density at radius 2 is 2.06 bits per heavy atom. The molecular formula is C12H20N2OS. The summed E-state index contributed by atoms with van der Waals surface area (Å²) in [7, 11) is 0. The van der Waals surface area contributed by atoms with Crippen molar-refractivity contribution in [3.8, 4) is 0 Å². The maximum absolute atomic E-state index is 11.7. The smallest absolute Gasteiger partial charge is 0.261 e. The van der Waals surface area contributed by atoms with Gasteiger partial charge in [-0.1, -0.05) is 6.92 Å². The van der Waals surface area contributed by atoms with E-state index in [0.29, 0.717) is 6.54 Å². The molecule has 1 heterocycles. The summed E-state index contributed by atoms with van der Waals surface area (Å²) in [6.45, 7) is 8.73. The second-order valence-corrected chi connectivity index (χ2v) is 5.11. The number of carbonyl (C=O) groups is 1. The van der Waals surface area contributed by atoms with Crippen molar-refractivity contribution in [1.82, 2.24) is 10.6 Å². The zero-order valence-corrected chi connectivity index (χ0v) is 11.0. The first-order valence-corrected chi connectivity index (χ1v) is 6.52. The standard InChI is InChI=1S/C12H20N2OS/c1-4-5-13-6-7-14-12(15)11-8-9(2)10(3)16-11/h8,13H,4-7H2,1-3H3,(H,14,15). The summed E-state index contributed by atoms with van der Waals surface area (Å²) in [4.78, 5) is 13.7. The molecule has 0 fully saturated rings. The number of carbonyl (C=O) groups excluding carboxylic acids is 1. The van der Waals surface area contributed by atoms with Crippen LogP contribution in [-0.4, -0.2) is 25.5 Å². The van der Waals surface area contributed by atoms with Crippen LogP contribution in [0, 0.1) is 13.8 Å². The molecule has 1 amide bonds. The second kappa shape index (κ2) is 6.66. The third-order valence-electron chi connectivity index (χ3n) is 2.40. The van der Waals surface area contributed by atoms with E-state index in [1.54, 1.807) is 11.3 Å². The van der Waals surface area contributed by atoms with Crippen molar-refractivity contribution in [2.75, 3.05) is 19.6 Å². The van der Waals surface area contributed by atoms with Crippen molar-refractivity contribution in [2.45, 2.75) is 27.2 Å². The lowest BCUT2D eigenvalue weighted by Gasteiger charge is -2.04. The van der Waals surface area contributed by atoms with Gasteiger partial charge in [0, 0.05) is 18.0 Å². The largest absolute Gasteiger partial charge is 0.350 e. The highest BCUT2D eigenvalue weighted by Crippen LogP contribution is 2.20. The summed E-state index contributed by atoms with van der Waals surface area (Å²) in [6.07, 6.45) is 1.12. The molecule has 1 aromatic rings. The number of hydrogen-bond acceptors (Lipinski definition) is 3. The first-order chi connectivity index (χ1) is 7.65. The van der Waals surface area contributed by atoms with Gasteiger partial charge in [0.2, 0.25) is 0 Å². The Morgan fingerprint density at radius 1 is 1.31 bits per heavy atom. The molecule has 3 nitrogen and oxygen atoms in total. The second-order valence-electron chi connectivity index (χ2n) is 3.86. The van der Waals surface area contributed by atoms with Gasteiger partial charge in [-0.25, -0.2) is 0 Å². The topological polar surface area (TPSA) is 41.1 Å². The van der Waals surface area contributed by atoms with Gasteiger partial charge in [-0.05, 0) is 38.4 Å². The minimum absolute atomic E-state index is 0.0412. The number of thiophene rings is 1. The molecule has 0 spiro atoms. The Kier molecular flexibility index (Phi) is 5.49. The molecule has 0 aromatic carbocycles. The summed E-state index contributed by atoms with van der Waals surface area (Å²) in [5.74, 6) is 0.0412. The monoisotopic (exact) mass is 240 g/mol. The maximum atomic E-state index is 11.7. The fourth-order valence-electron chi connectivity index (χ4n) is 1.34. The molecule has 0 radical (unpaired) electrons. The van der Waals surface area contributed by atoms with Gasteiger partial charge in [-0.3, -0.25) is 4.79 Å². The fourth-order valence-corrected chi connectivity index (χ4v) is 2.29. The molecule has 1 aromatic heterocycles. The quantitative estimate of drug-likeness (QED) is 0.748. The van der Waals surface area contributed by atoms with Gasteiger partial charge in [-0.15, -0.1) is 11.3 Å². The van der Waals surface area contributed by atoms with E-state index < -0.39 is 0 Å². The first kappa shape index (κ1) is 13.2. The highest BCUT2D eigenvalue weighted by molar-refractivity contribution is 7.14. The average Bonchev–Trinajstić information content (AvgIpc) is 2.59. The average molecular weight is 240 g/mol. The molecule has 0 aliphatic carbocycles. The van der Waals surface area contributed by atoms with Gasteiger partial charge in [0.15, 0.2) is 0 Å². The molecule has 0 atom stereocenters. The highest BCUT2D eigenvalue weighted by atomic mass is 32.1. The maximum Gasteiger partial charge on any atom is 0.261 e. The van der Waals surface area contributed by atoms with Crippen molar-refractivity contribution in [3.05, 3.63) is 21.4 Å². The molecule has 0 saturated carbocycles. The Hall–Kier alpha value is -0.870. The van der Waals surface area contributed by atoms with Gasteiger partial charge < -0.3 is 10.6 Å². The summed E-state index contributed by atoms with van der Waals surface area (Å²) >= 11 is 1.56. The number of aryl methyl sites for hydroxylation is 2. The summed E-state index contributed by atoms with van der Waals surface area (Å²) in [5, 5.41) is 6.15. The first-order valence-electron chi connectivity index (χ1n) is 5.71. The lowest BCUT2D eigenvalue weighted by atomic mass is 10.3. The normalized spacial score (nSPS) is 10.4. The van der Waals surface area contributed by atoms with Crippen molar-refractivity contribution < 1.29 is 4.79 Å². The zero-order valence-electron chi connectivity index (χ0n) is 10.2. The van der Waals surface area contributed by atoms with Crippen LogP contribution in [0.5, 0.6) is 0 Å². The molecule has 0 bridgehead atoms. The van der Waals surface area contributed by atoms with E-state index in [9.17, 15) is 4.79 Å². The van der Waals surface area contributed by atoms with Crippen LogP contribution in [0.25, 0.3) is 0 Å². The van der Waals surface area contributed by atoms with E-state index in [2.05, 4.69) is 17.6 Å². The molecule has 2 N–H and O–H groups in total. The molecule has 0 aliphatic heterocycles. The highest BCUT2D eigenvalue weighted by Gasteiger charge is 2.09. The molecule has 90 valence electrons. The fraction of sp³-hybridized carbons (Fsp3) is 0.583. The van der Waals surface area contributed by atoms with Crippen LogP contribution >= 0.6 is 11.3 Å². The summed E-state index contributed by atoms with van der Waals surface area (Å²) in [5.41, 5.74) is 1.19.